The molecule has 0 saturated heterocycles. The van der Waals surface area contributed by atoms with E-state index in [-0.39, 0.29) is 5.69 Å². The smallest absolute Gasteiger partial charge is 0.295 e. The zero-order valence-electron chi connectivity index (χ0n) is 5.90. The van der Waals surface area contributed by atoms with Gasteiger partial charge < -0.3 is 0 Å². The number of aromatic amines is 1. The number of hydrogen-bond acceptors (Lipinski definition) is 3. The van der Waals surface area contributed by atoms with Gasteiger partial charge in [0.15, 0.2) is 5.65 Å². The molecule has 0 atom stereocenters. The number of hydrogen-bond donors (Lipinski definition) is 1. The van der Waals surface area contributed by atoms with E-state index < -0.39 is 0 Å². The summed E-state index contributed by atoms with van der Waals surface area (Å²) in [6.45, 7) is 1.73. The lowest BCUT2D eigenvalue weighted by molar-refractivity contribution is 0.907. The Morgan fingerprint density at radius 1 is 1.64 bits per heavy atom. The topological polar surface area (TPSA) is 63.1 Å². The van der Waals surface area contributed by atoms with Gasteiger partial charge in [0.1, 0.15) is 12.2 Å². The van der Waals surface area contributed by atoms with Gasteiger partial charge in [-0.15, -0.1) is 0 Å². The molecule has 0 fully saturated rings. The minimum absolute atomic E-state index is 0.204. The maximum absolute atomic E-state index is 11.1. The highest BCUT2D eigenvalue weighted by atomic mass is 16.1. The van der Waals surface area contributed by atoms with Crippen molar-refractivity contribution in [1.82, 2.24) is 19.4 Å². The van der Waals surface area contributed by atoms with E-state index in [9.17, 15) is 4.79 Å². The highest BCUT2D eigenvalue weighted by Crippen LogP contribution is 1.91. The van der Waals surface area contributed by atoms with Crippen LogP contribution in [0.15, 0.2) is 17.3 Å². The van der Waals surface area contributed by atoms with Gasteiger partial charge >= 0.3 is 5.69 Å². The number of fused-ring (bicyclic) bond motifs is 1. The third-order valence-electron chi connectivity index (χ3n) is 1.41. The summed E-state index contributed by atoms with van der Waals surface area (Å²) in [6, 6.07) is 0. The van der Waals surface area contributed by atoms with E-state index in [2.05, 4.69) is 15.0 Å². The quantitative estimate of drug-likeness (QED) is 0.562. The lowest BCUT2D eigenvalue weighted by Gasteiger charge is -1.92. The molecule has 2 aromatic rings. The second kappa shape index (κ2) is 1.91. The van der Waals surface area contributed by atoms with Gasteiger partial charge in [-0.05, 0) is 6.92 Å². The minimum atomic E-state index is -0.204. The van der Waals surface area contributed by atoms with Crippen molar-refractivity contribution in [1.29, 1.82) is 0 Å². The highest BCUT2D eigenvalue weighted by Gasteiger charge is 1.97. The molecule has 0 aromatic carbocycles. The summed E-state index contributed by atoms with van der Waals surface area (Å²) in [6.07, 6.45) is 2.98. The molecule has 0 aliphatic carbocycles. The van der Waals surface area contributed by atoms with E-state index in [1.54, 1.807) is 13.1 Å². The molecular weight excluding hydrogens is 144 g/mol. The number of nitrogens with one attached hydrogen (secondary N) is 1. The fourth-order valence-corrected chi connectivity index (χ4v) is 0.942. The van der Waals surface area contributed by atoms with Gasteiger partial charge in [0.25, 0.3) is 0 Å². The largest absolute Gasteiger partial charge is 0.333 e. The molecule has 2 heterocycles. The monoisotopic (exact) mass is 150 g/mol. The Kier molecular flexibility index (Phi) is 1.06. The fraction of sp³-hybridized carbons (Fsp3) is 0.167. The minimum Gasteiger partial charge on any atom is -0.295 e. The second-order valence-electron chi connectivity index (χ2n) is 2.25. The van der Waals surface area contributed by atoms with Crippen LogP contribution in [-0.4, -0.2) is 19.4 Å². The molecule has 0 bridgehead atoms. The van der Waals surface area contributed by atoms with Crippen LogP contribution >= 0.6 is 0 Å². The van der Waals surface area contributed by atoms with Crippen LogP contribution in [-0.2, 0) is 0 Å². The first kappa shape index (κ1) is 6.09. The van der Waals surface area contributed by atoms with Crippen LogP contribution in [0.4, 0.5) is 0 Å². The molecule has 0 amide bonds. The van der Waals surface area contributed by atoms with Crippen LogP contribution < -0.4 is 5.69 Å². The first-order valence-electron chi connectivity index (χ1n) is 3.16. The van der Waals surface area contributed by atoms with Crippen molar-refractivity contribution in [3.05, 3.63) is 28.8 Å². The number of nitrogens with zero attached hydrogens (tertiary/aromatic N) is 3. The van der Waals surface area contributed by atoms with Crippen molar-refractivity contribution in [2.75, 3.05) is 0 Å². The van der Waals surface area contributed by atoms with Crippen molar-refractivity contribution in [2.24, 2.45) is 0 Å². The SMILES string of the molecule is Cc1nc2cncn2c(=O)[nH]1. The third-order valence-corrected chi connectivity index (χ3v) is 1.41. The maximum atomic E-state index is 11.1. The van der Waals surface area contributed by atoms with E-state index in [4.69, 9.17) is 0 Å². The lowest BCUT2D eigenvalue weighted by Crippen LogP contribution is -2.17. The van der Waals surface area contributed by atoms with E-state index in [1.807, 2.05) is 0 Å². The highest BCUT2D eigenvalue weighted by molar-refractivity contribution is 5.33. The zero-order chi connectivity index (χ0) is 7.84. The number of aryl methyl sites for hydroxylation is 1. The van der Waals surface area contributed by atoms with E-state index in [0.29, 0.717) is 11.5 Å². The van der Waals surface area contributed by atoms with Crippen LogP contribution in [0.5, 0.6) is 0 Å². The molecule has 5 nitrogen and oxygen atoms in total. The van der Waals surface area contributed by atoms with Crippen LogP contribution in [0.1, 0.15) is 5.82 Å². The zero-order valence-corrected chi connectivity index (χ0v) is 5.90. The number of H-pyrrole nitrogens is 1. The summed E-state index contributed by atoms with van der Waals surface area (Å²) >= 11 is 0. The van der Waals surface area contributed by atoms with Crippen LogP contribution in [0.25, 0.3) is 5.65 Å². The predicted molar refractivity (Wildman–Crippen MR) is 38.3 cm³/mol. The van der Waals surface area contributed by atoms with Gasteiger partial charge in [-0.2, -0.15) is 0 Å². The summed E-state index contributed by atoms with van der Waals surface area (Å²) in [5.74, 6) is 0.600. The van der Waals surface area contributed by atoms with Gasteiger partial charge in [-0.25, -0.2) is 19.2 Å². The average molecular weight is 150 g/mol. The van der Waals surface area contributed by atoms with Crippen molar-refractivity contribution in [3.63, 3.8) is 0 Å². The Hall–Kier alpha value is -1.65. The predicted octanol–water partition coefficient (Wildman–Crippen LogP) is -0.274. The summed E-state index contributed by atoms with van der Waals surface area (Å²) in [7, 11) is 0. The summed E-state index contributed by atoms with van der Waals surface area (Å²) in [5.41, 5.74) is 0.372. The fourth-order valence-electron chi connectivity index (χ4n) is 0.942. The van der Waals surface area contributed by atoms with Crippen molar-refractivity contribution in [3.8, 4) is 0 Å². The van der Waals surface area contributed by atoms with Crippen molar-refractivity contribution < 1.29 is 0 Å². The van der Waals surface area contributed by atoms with Crippen LogP contribution in [0, 0.1) is 6.92 Å². The normalized spacial score (nSPS) is 10.6. The Morgan fingerprint density at radius 2 is 2.45 bits per heavy atom. The first-order valence-corrected chi connectivity index (χ1v) is 3.16. The van der Waals surface area contributed by atoms with E-state index in [0.717, 1.165) is 0 Å². The third kappa shape index (κ3) is 0.813. The molecule has 0 radical (unpaired) electrons. The number of aromatic nitrogens is 4. The number of imidazole rings is 1. The lowest BCUT2D eigenvalue weighted by atomic mass is 10.6. The molecule has 0 aliphatic heterocycles. The average Bonchev–Trinajstić information content (AvgIpc) is 2.34. The Morgan fingerprint density at radius 3 is 3.27 bits per heavy atom. The van der Waals surface area contributed by atoms with Crippen LogP contribution in [0.3, 0.4) is 0 Å². The van der Waals surface area contributed by atoms with Gasteiger partial charge in [0.05, 0.1) is 6.20 Å². The summed E-state index contributed by atoms with van der Waals surface area (Å²) < 4.78 is 1.35. The van der Waals surface area contributed by atoms with Crippen molar-refractivity contribution >= 4 is 5.65 Å². The number of rotatable bonds is 0. The first-order chi connectivity index (χ1) is 5.27. The molecule has 11 heavy (non-hydrogen) atoms. The molecular formula is C6H6N4O. The molecule has 0 aliphatic rings. The van der Waals surface area contributed by atoms with Gasteiger partial charge in [0.2, 0.25) is 0 Å². The molecule has 0 saturated carbocycles. The molecule has 0 unspecified atom stereocenters. The maximum Gasteiger partial charge on any atom is 0.333 e. The molecule has 5 heteroatoms. The van der Waals surface area contributed by atoms with Gasteiger partial charge in [-0.3, -0.25) is 4.98 Å². The second-order valence-corrected chi connectivity index (χ2v) is 2.25. The van der Waals surface area contributed by atoms with Gasteiger partial charge in [-0.1, -0.05) is 0 Å². The summed E-state index contributed by atoms with van der Waals surface area (Å²) in [5, 5.41) is 0. The Balaban J connectivity index is 3.02. The Bertz CT molecular complexity index is 441. The molecule has 1 N–H and O–H groups in total. The summed E-state index contributed by atoms with van der Waals surface area (Å²) in [4.78, 5) is 21.5. The van der Waals surface area contributed by atoms with E-state index >= 15 is 0 Å². The van der Waals surface area contributed by atoms with E-state index in [1.165, 1.54) is 10.7 Å². The molecule has 56 valence electrons. The molecule has 0 spiro atoms. The van der Waals surface area contributed by atoms with Gasteiger partial charge in [0, 0.05) is 0 Å². The molecule has 2 rings (SSSR count). The van der Waals surface area contributed by atoms with Crippen LogP contribution in [0.2, 0.25) is 0 Å². The van der Waals surface area contributed by atoms with Crippen molar-refractivity contribution in [2.45, 2.75) is 6.92 Å². The molecule has 2 aromatic heterocycles. The standard InChI is InChI=1S/C6H6N4O/c1-4-8-5-2-7-3-10(5)6(11)9-4/h2-3H,1H3,(H,8,9,11). The Labute approximate surface area is 61.7 Å².